The van der Waals surface area contributed by atoms with Crippen molar-refractivity contribution < 1.29 is 9.53 Å². The number of ether oxygens (including phenoxy) is 1. The number of carbonyl (C=O) groups is 1. The Morgan fingerprint density at radius 2 is 1.59 bits per heavy atom. The third-order valence-electron chi connectivity index (χ3n) is 4.18. The Labute approximate surface area is 172 Å². The quantitative estimate of drug-likeness (QED) is 0.296. The zero-order valence-electron chi connectivity index (χ0n) is 16.5. The Balaban J connectivity index is 2.02. The van der Waals surface area contributed by atoms with Gasteiger partial charge in [0.25, 0.3) is 0 Å². The lowest BCUT2D eigenvalue weighted by Crippen LogP contribution is -2.24. The first kappa shape index (κ1) is 21.5. The fourth-order valence-corrected chi connectivity index (χ4v) is 3.64. The second-order valence-corrected chi connectivity index (χ2v) is 9.39. The molecular formula is C23H26Cl2O2. The lowest BCUT2D eigenvalue weighted by Gasteiger charge is -2.33. The van der Waals surface area contributed by atoms with E-state index in [2.05, 4.69) is 34.6 Å². The monoisotopic (exact) mass is 404 g/mol. The molecule has 0 radical (unpaired) electrons. The van der Waals surface area contributed by atoms with E-state index >= 15 is 0 Å². The van der Waals surface area contributed by atoms with Gasteiger partial charge < -0.3 is 4.74 Å². The molecule has 2 rings (SSSR count). The van der Waals surface area contributed by atoms with E-state index in [1.807, 2.05) is 24.3 Å². The van der Waals surface area contributed by atoms with Crippen LogP contribution in [0.15, 0.2) is 48.5 Å². The lowest BCUT2D eigenvalue weighted by molar-refractivity contribution is -0.128. The zero-order valence-corrected chi connectivity index (χ0v) is 18.0. The van der Waals surface area contributed by atoms with E-state index in [0.717, 1.165) is 12.0 Å². The van der Waals surface area contributed by atoms with Crippen molar-refractivity contribution in [2.75, 3.05) is 0 Å². The normalized spacial score (nSPS) is 12.4. The van der Waals surface area contributed by atoms with Crippen molar-refractivity contribution in [1.82, 2.24) is 0 Å². The number of rotatable bonds is 5. The Hall–Kier alpha value is -1.77. The van der Waals surface area contributed by atoms with Crippen LogP contribution in [0.1, 0.15) is 52.2 Å². The summed E-state index contributed by atoms with van der Waals surface area (Å²) in [5.74, 6) is 0.0804. The summed E-state index contributed by atoms with van der Waals surface area (Å²) in [6.07, 6.45) is 4.08. The molecule has 0 fully saturated rings. The average Bonchev–Trinajstić information content (AvgIpc) is 2.54. The lowest BCUT2D eigenvalue weighted by atomic mass is 9.72. The fraction of sp³-hybridized carbons (Fsp3) is 0.348. The molecule has 2 aromatic rings. The molecule has 0 aromatic heterocycles. The van der Waals surface area contributed by atoms with Gasteiger partial charge in [0, 0.05) is 6.08 Å². The van der Waals surface area contributed by atoms with E-state index in [0.29, 0.717) is 15.8 Å². The van der Waals surface area contributed by atoms with E-state index < -0.39 is 5.97 Å². The summed E-state index contributed by atoms with van der Waals surface area (Å²) in [6.45, 7) is 11.2. The van der Waals surface area contributed by atoms with Gasteiger partial charge in [0.15, 0.2) is 0 Å². The first-order chi connectivity index (χ1) is 12.5. The number of benzene rings is 2. The fourth-order valence-electron chi connectivity index (χ4n) is 3.33. The van der Waals surface area contributed by atoms with E-state index in [9.17, 15) is 4.79 Å². The Morgan fingerprint density at radius 1 is 0.963 bits per heavy atom. The van der Waals surface area contributed by atoms with Gasteiger partial charge >= 0.3 is 5.97 Å². The van der Waals surface area contributed by atoms with Crippen molar-refractivity contribution in [3.05, 3.63) is 69.7 Å². The van der Waals surface area contributed by atoms with Gasteiger partial charge in [-0.25, -0.2) is 4.79 Å². The number of hydrogen-bond acceptors (Lipinski definition) is 2. The van der Waals surface area contributed by atoms with Gasteiger partial charge in [0.2, 0.25) is 0 Å². The zero-order chi connectivity index (χ0) is 20.2. The number of hydrogen-bond donors (Lipinski definition) is 0. The molecule has 0 saturated carbocycles. The van der Waals surface area contributed by atoms with E-state index in [1.54, 1.807) is 24.3 Å². The molecule has 0 heterocycles. The standard InChI is InChI=1S/C23H26Cl2O2/c1-22(2,3)15-23(4,5)17-8-10-18(11-9-17)27-21(26)13-7-16-6-12-19(24)20(25)14-16/h6-14H,15H2,1-5H3/b13-7+. The molecule has 0 atom stereocenters. The Morgan fingerprint density at radius 3 is 2.15 bits per heavy atom. The Kier molecular flexibility index (Phi) is 6.77. The summed E-state index contributed by atoms with van der Waals surface area (Å²) in [6, 6.07) is 12.9. The van der Waals surface area contributed by atoms with Crippen LogP contribution in [-0.2, 0) is 10.2 Å². The number of carbonyl (C=O) groups excluding carboxylic acids is 1. The summed E-state index contributed by atoms with van der Waals surface area (Å²) in [4.78, 5) is 12.0. The van der Waals surface area contributed by atoms with Crippen molar-refractivity contribution >= 4 is 35.2 Å². The molecular weight excluding hydrogens is 379 g/mol. The van der Waals surface area contributed by atoms with Crippen LogP contribution in [0.4, 0.5) is 0 Å². The summed E-state index contributed by atoms with van der Waals surface area (Å²) >= 11 is 11.9. The van der Waals surface area contributed by atoms with Gasteiger partial charge in [-0.2, -0.15) is 0 Å². The first-order valence-corrected chi connectivity index (χ1v) is 9.67. The highest BCUT2D eigenvalue weighted by Crippen LogP contribution is 2.36. The van der Waals surface area contributed by atoms with Crippen LogP contribution in [0, 0.1) is 5.41 Å². The predicted octanol–water partition coefficient (Wildman–Crippen LogP) is 7.33. The molecule has 0 spiro atoms. The van der Waals surface area contributed by atoms with Crippen LogP contribution in [0.25, 0.3) is 6.08 Å². The van der Waals surface area contributed by atoms with Crippen molar-refractivity contribution in [3.63, 3.8) is 0 Å². The molecule has 4 heteroatoms. The SMILES string of the molecule is CC(C)(C)CC(C)(C)c1ccc(OC(=O)/C=C/c2ccc(Cl)c(Cl)c2)cc1. The van der Waals surface area contributed by atoms with E-state index in [-0.39, 0.29) is 10.8 Å². The third-order valence-corrected chi connectivity index (χ3v) is 4.92. The molecule has 0 unspecified atom stereocenters. The molecule has 0 aliphatic carbocycles. The third kappa shape index (κ3) is 6.71. The molecule has 0 aliphatic heterocycles. The Bertz CT molecular complexity index is 828. The van der Waals surface area contributed by atoms with Crippen molar-refractivity contribution in [2.24, 2.45) is 5.41 Å². The molecule has 0 N–H and O–H groups in total. The van der Waals surface area contributed by atoms with Gasteiger partial charge in [-0.1, -0.05) is 76.0 Å². The molecule has 0 aliphatic rings. The van der Waals surface area contributed by atoms with Gasteiger partial charge in [0.1, 0.15) is 5.75 Å². The van der Waals surface area contributed by atoms with Gasteiger partial charge in [-0.3, -0.25) is 0 Å². The smallest absolute Gasteiger partial charge is 0.336 e. The summed E-state index contributed by atoms with van der Waals surface area (Å²) in [5, 5.41) is 0.923. The minimum atomic E-state index is -0.442. The molecule has 2 nitrogen and oxygen atoms in total. The van der Waals surface area contributed by atoms with Crippen molar-refractivity contribution in [2.45, 2.75) is 46.5 Å². The van der Waals surface area contributed by atoms with Crippen LogP contribution in [-0.4, -0.2) is 5.97 Å². The molecule has 0 bridgehead atoms. The van der Waals surface area contributed by atoms with Gasteiger partial charge in [-0.15, -0.1) is 0 Å². The molecule has 0 amide bonds. The van der Waals surface area contributed by atoms with Crippen molar-refractivity contribution in [1.29, 1.82) is 0 Å². The minimum Gasteiger partial charge on any atom is -0.423 e. The summed E-state index contributed by atoms with van der Waals surface area (Å²) in [7, 11) is 0. The second-order valence-electron chi connectivity index (χ2n) is 8.57. The molecule has 144 valence electrons. The topological polar surface area (TPSA) is 26.3 Å². The van der Waals surface area contributed by atoms with Gasteiger partial charge in [-0.05, 0) is 58.7 Å². The largest absolute Gasteiger partial charge is 0.423 e. The van der Waals surface area contributed by atoms with Crippen LogP contribution < -0.4 is 4.74 Å². The van der Waals surface area contributed by atoms with Crippen LogP contribution >= 0.6 is 23.2 Å². The van der Waals surface area contributed by atoms with Crippen LogP contribution in [0.3, 0.4) is 0 Å². The molecule has 2 aromatic carbocycles. The highest BCUT2D eigenvalue weighted by atomic mass is 35.5. The number of esters is 1. The maximum absolute atomic E-state index is 12.0. The van der Waals surface area contributed by atoms with Crippen LogP contribution in [0.5, 0.6) is 5.75 Å². The first-order valence-electron chi connectivity index (χ1n) is 8.92. The van der Waals surface area contributed by atoms with Gasteiger partial charge in [0.05, 0.1) is 10.0 Å². The average molecular weight is 405 g/mol. The highest BCUT2D eigenvalue weighted by molar-refractivity contribution is 6.42. The predicted molar refractivity (Wildman–Crippen MR) is 115 cm³/mol. The summed E-state index contributed by atoms with van der Waals surface area (Å²) in [5.41, 5.74) is 2.29. The highest BCUT2D eigenvalue weighted by Gasteiger charge is 2.27. The maximum Gasteiger partial charge on any atom is 0.336 e. The minimum absolute atomic E-state index is 0.0501. The van der Waals surface area contributed by atoms with Crippen molar-refractivity contribution in [3.8, 4) is 5.75 Å². The number of halogens is 2. The molecule has 27 heavy (non-hydrogen) atoms. The van der Waals surface area contributed by atoms with E-state index in [4.69, 9.17) is 27.9 Å². The summed E-state index contributed by atoms with van der Waals surface area (Å²) < 4.78 is 5.37. The maximum atomic E-state index is 12.0. The second kappa shape index (κ2) is 8.50. The molecule has 0 saturated heterocycles. The van der Waals surface area contributed by atoms with E-state index in [1.165, 1.54) is 11.6 Å². The van der Waals surface area contributed by atoms with Crippen LogP contribution in [0.2, 0.25) is 10.0 Å².